The van der Waals surface area contributed by atoms with E-state index in [4.69, 9.17) is 0 Å². The van der Waals surface area contributed by atoms with Crippen molar-refractivity contribution in [3.05, 3.63) is 78.4 Å². The van der Waals surface area contributed by atoms with Gasteiger partial charge in [-0.3, -0.25) is 9.69 Å². The summed E-state index contributed by atoms with van der Waals surface area (Å²) in [6.07, 6.45) is 1.82. The van der Waals surface area contributed by atoms with Crippen LogP contribution in [0.2, 0.25) is 0 Å². The van der Waals surface area contributed by atoms with Gasteiger partial charge in [-0.05, 0) is 24.1 Å². The number of amides is 1. The minimum absolute atomic E-state index is 0.00733. The summed E-state index contributed by atoms with van der Waals surface area (Å²) >= 11 is 0. The summed E-state index contributed by atoms with van der Waals surface area (Å²) in [5.74, 6) is -0.00733. The van der Waals surface area contributed by atoms with Gasteiger partial charge in [0.2, 0.25) is 5.91 Å². The molecule has 2 aromatic carbocycles. The second-order valence-corrected chi connectivity index (χ2v) is 5.31. The van der Waals surface area contributed by atoms with Crippen molar-refractivity contribution < 1.29 is 4.79 Å². The number of nitrogens with zero attached hydrogens (tertiary/aromatic N) is 1. The molecule has 0 heterocycles. The van der Waals surface area contributed by atoms with Crippen LogP contribution in [0.4, 0.5) is 5.69 Å². The minimum atomic E-state index is -0.00733. The summed E-state index contributed by atoms with van der Waals surface area (Å²) in [6, 6.07) is 17.9. The number of para-hydroxylation sites is 1. The summed E-state index contributed by atoms with van der Waals surface area (Å²) in [4.78, 5) is 14.3. The molecule has 0 aliphatic heterocycles. The molecule has 0 aliphatic carbocycles. The van der Waals surface area contributed by atoms with Crippen LogP contribution in [0.15, 0.2) is 67.3 Å². The van der Waals surface area contributed by atoms with E-state index in [1.165, 1.54) is 5.56 Å². The lowest BCUT2D eigenvalue weighted by Gasteiger charge is -2.20. The second-order valence-electron chi connectivity index (χ2n) is 5.31. The predicted octanol–water partition coefficient (Wildman–Crippen LogP) is 3.62. The molecular weight excluding hydrogens is 272 g/mol. The van der Waals surface area contributed by atoms with Crippen molar-refractivity contribution in [2.45, 2.75) is 13.5 Å². The van der Waals surface area contributed by atoms with E-state index < -0.39 is 0 Å². The fraction of sp³-hybridized carbons (Fsp3) is 0.211. The minimum Gasteiger partial charge on any atom is -0.325 e. The molecule has 0 saturated heterocycles. The molecule has 2 rings (SSSR count). The molecule has 3 heteroatoms. The lowest BCUT2D eigenvalue weighted by Crippen LogP contribution is -2.33. The first-order valence-electron chi connectivity index (χ1n) is 7.41. The second kappa shape index (κ2) is 8.15. The van der Waals surface area contributed by atoms with Gasteiger partial charge in [-0.2, -0.15) is 0 Å². The average Bonchev–Trinajstić information content (AvgIpc) is 2.51. The molecule has 0 fully saturated rings. The number of hydrogen-bond acceptors (Lipinski definition) is 2. The number of rotatable bonds is 7. The molecule has 0 spiro atoms. The third-order valence-electron chi connectivity index (χ3n) is 3.42. The molecule has 2 aromatic rings. The Hall–Kier alpha value is -2.39. The number of nitrogens with one attached hydrogen (secondary N) is 1. The predicted molar refractivity (Wildman–Crippen MR) is 91.7 cm³/mol. The highest BCUT2D eigenvalue weighted by atomic mass is 16.2. The van der Waals surface area contributed by atoms with Crippen molar-refractivity contribution in [2.75, 3.05) is 18.4 Å². The van der Waals surface area contributed by atoms with Crippen LogP contribution in [-0.2, 0) is 11.3 Å². The third kappa shape index (κ3) is 4.86. The Morgan fingerprint density at radius 2 is 1.82 bits per heavy atom. The summed E-state index contributed by atoms with van der Waals surface area (Å²) in [6.45, 7) is 7.51. The summed E-state index contributed by atoms with van der Waals surface area (Å²) < 4.78 is 0. The lowest BCUT2D eigenvalue weighted by molar-refractivity contribution is -0.117. The molecule has 0 atom stereocenters. The fourth-order valence-corrected chi connectivity index (χ4v) is 2.32. The van der Waals surface area contributed by atoms with Crippen LogP contribution < -0.4 is 5.32 Å². The Bertz CT molecular complexity index is 622. The number of anilines is 1. The summed E-state index contributed by atoms with van der Waals surface area (Å²) in [5.41, 5.74) is 3.12. The molecule has 0 radical (unpaired) electrons. The Balaban J connectivity index is 1.97. The van der Waals surface area contributed by atoms with Crippen molar-refractivity contribution in [2.24, 2.45) is 0 Å². The Labute approximate surface area is 132 Å². The zero-order valence-electron chi connectivity index (χ0n) is 13.0. The molecule has 1 amide bonds. The van der Waals surface area contributed by atoms with E-state index in [9.17, 15) is 4.79 Å². The maximum atomic E-state index is 12.3. The third-order valence-corrected chi connectivity index (χ3v) is 3.42. The van der Waals surface area contributed by atoms with Gasteiger partial charge in [0.1, 0.15) is 0 Å². The van der Waals surface area contributed by atoms with Gasteiger partial charge in [0.05, 0.1) is 6.54 Å². The fourth-order valence-electron chi connectivity index (χ4n) is 2.32. The van der Waals surface area contributed by atoms with E-state index in [1.54, 1.807) is 0 Å². The van der Waals surface area contributed by atoms with Gasteiger partial charge in [0.25, 0.3) is 0 Å². The van der Waals surface area contributed by atoms with Crippen molar-refractivity contribution in [3.8, 4) is 0 Å². The van der Waals surface area contributed by atoms with Gasteiger partial charge in [-0.15, -0.1) is 6.58 Å². The molecule has 0 aromatic heterocycles. The van der Waals surface area contributed by atoms with Crippen LogP contribution in [0, 0.1) is 6.92 Å². The van der Waals surface area contributed by atoms with E-state index >= 15 is 0 Å². The van der Waals surface area contributed by atoms with Crippen molar-refractivity contribution >= 4 is 11.6 Å². The van der Waals surface area contributed by atoms with Crippen LogP contribution in [0.1, 0.15) is 11.1 Å². The highest BCUT2D eigenvalue weighted by Crippen LogP contribution is 2.13. The zero-order chi connectivity index (χ0) is 15.8. The number of hydrogen-bond donors (Lipinski definition) is 1. The van der Waals surface area contributed by atoms with E-state index in [1.807, 2.05) is 55.5 Å². The highest BCUT2D eigenvalue weighted by molar-refractivity contribution is 5.92. The SMILES string of the molecule is C=CCN(CC(=O)Nc1ccccc1C)Cc1ccccc1. The summed E-state index contributed by atoms with van der Waals surface area (Å²) in [7, 11) is 0. The molecular formula is C19H22N2O. The quantitative estimate of drug-likeness (QED) is 0.791. The van der Waals surface area contributed by atoms with Crippen LogP contribution >= 0.6 is 0 Å². The van der Waals surface area contributed by atoms with Crippen molar-refractivity contribution in [1.82, 2.24) is 4.90 Å². The number of benzene rings is 2. The topological polar surface area (TPSA) is 32.3 Å². The molecule has 3 nitrogen and oxygen atoms in total. The molecule has 114 valence electrons. The van der Waals surface area contributed by atoms with Gasteiger partial charge in [-0.25, -0.2) is 0 Å². The van der Waals surface area contributed by atoms with E-state index in [2.05, 4.69) is 28.9 Å². The van der Waals surface area contributed by atoms with Gasteiger partial charge in [0.15, 0.2) is 0 Å². The van der Waals surface area contributed by atoms with Crippen LogP contribution in [0.5, 0.6) is 0 Å². The van der Waals surface area contributed by atoms with Crippen molar-refractivity contribution in [1.29, 1.82) is 0 Å². The van der Waals surface area contributed by atoms with Crippen molar-refractivity contribution in [3.63, 3.8) is 0 Å². The summed E-state index contributed by atoms with van der Waals surface area (Å²) in [5, 5.41) is 2.97. The molecule has 22 heavy (non-hydrogen) atoms. The lowest BCUT2D eigenvalue weighted by atomic mass is 10.2. The average molecular weight is 294 g/mol. The first kappa shape index (κ1) is 16.0. The monoisotopic (exact) mass is 294 g/mol. The first-order chi connectivity index (χ1) is 10.7. The van der Waals surface area contributed by atoms with Crippen LogP contribution in [0.25, 0.3) is 0 Å². The number of aryl methyl sites for hydroxylation is 1. The first-order valence-corrected chi connectivity index (χ1v) is 7.41. The van der Waals surface area contributed by atoms with E-state index in [0.29, 0.717) is 13.1 Å². The highest BCUT2D eigenvalue weighted by Gasteiger charge is 2.11. The Morgan fingerprint density at radius 1 is 1.14 bits per heavy atom. The Kier molecular flexibility index (Phi) is 5.92. The maximum absolute atomic E-state index is 12.3. The molecule has 0 aliphatic rings. The number of carbonyl (C=O) groups excluding carboxylic acids is 1. The number of carbonyl (C=O) groups is 1. The zero-order valence-corrected chi connectivity index (χ0v) is 13.0. The normalized spacial score (nSPS) is 10.5. The van der Waals surface area contributed by atoms with Gasteiger partial charge >= 0.3 is 0 Å². The van der Waals surface area contributed by atoms with E-state index in [-0.39, 0.29) is 5.91 Å². The molecule has 1 N–H and O–H groups in total. The van der Waals surface area contributed by atoms with Gasteiger partial charge in [-0.1, -0.05) is 54.6 Å². The molecule has 0 unspecified atom stereocenters. The maximum Gasteiger partial charge on any atom is 0.238 e. The molecule has 0 bridgehead atoms. The smallest absolute Gasteiger partial charge is 0.238 e. The Morgan fingerprint density at radius 3 is 2.50 bits per heavy atom. The largest absolute Gasteiger partial charge is 0.325 e. The van der Waals surface area contributed by atoms with Crippen LogP contribution in [-0.4, -0.2) is 23.9 Å². The van der Waals surface area contributed by atoms with Crippen LogP contribution in [0.3, 0.4) is 0 Å². The molecule has 0 saturated carbocycles. The van der Waals surface area contributed by atoms with E-state index in [0.717, 1.165) is 17.8 Å². The van der Waals surface area contributed by atoms with Gasteiger partial charge < -0.3 is 5.32 Å². The van der Waals surface area contributed by atoms with Gasteiger partial charge in [0, 0.05) is 18.8 Å². The standard InChI is InChI=1S/C19H22N2O/c1-3-13-21(14-17-10-5-4-6-11-17)15-19(22)20-18-12-8-7-9-16(18)2/h3-12H,1,13-15H2,2H3,(H,20,22).